The summed E-state index contributed by atoms with van der Waals surface area (Å²) in [5, 5.41) is 12.3. The van der Waals surface area contributed by atoms with Gasteiger partial charge in [0, 0.05) is 43.4 Å². The number of fused-ring (bicyclic) bond motifs is 1. The van der Waals surface area contributed by atoms with E-state index in [9.17, 15) is 26.7 Å². The molecular formula is C32H42ClN3O8S3. The number of nitrogens with zero attached hydrogens (tertiary/aromatic N) is 2. The maximum Gasteiger partial charge on any atom is 0.271 e. The number of hydrogen-bond donors (Lipinski definition) is 2. The molecule has 0 saturated heterocycles. The Morgan fingerprint density at radius 1 is 1.11 bits per heavy atom. The molecule has 0 saturated carbocycles. The van der Waals surface area contributed by atoms with Crippen LogP contribution in [0.25, 0.3) is 0 Å². The van der Waals surface area contributed by atoms with Crippen LogP contribution in [0.15, 0.2) is 69.1 Å². The molecule has 15 heteroatoms. The number of ether oxygens (including phenoxy) is 2. The highest BCUT2D eigenvalue weighted by atomic mass is 35.5. The Hall–Kier alpha value is -2.72. The Kier molecular flexibility index (Phi) is 12.7. The fraction of sp³-hybridized carbons (Fsp3) is 0.469. The van der Waals surface area contributed by atoms with Gasteiger partial charge in [-0.3, -0.25) is 9.52 Å². The number of thiophene rings is 1. The Labute approximate surface area is 286 Å². The molecule has 3 aromatic rings. The van der Waals surface area contributed by atoms with Crippen LogP contribution in [0.3, 0.4) is 0 Å². The van der Waals surface area contributed by atoms with E-state index >= 15 is 0 Å². The summed E-state index contributed by atoms with van der Waals surface area (Å²) in [5.41, 5.74) is 0.315. The lowest BCUT2D eigenvalue weighted by molar-refractivity contribution is -0.00833. The van der Waals surface area contributed by atoms with Crippen molar-refractivity contribution in [3.05, 3.63) is 70.6 Å². The first kappa shape index (κ1) is 37.1. The standard InChI is InChI=1S/C32H42ClN3O8S3/c1-22-19-36(23(2)21-37)32(38)28-18-26(34-46(39,40)31-9-7-17-45-31)12-15-29(28)44-24(3)8-5-6-16-43-30(22)20-35(4)47(41,42)27-13-10-25(33)11-14-27/h7,9-15,17-18,22-24,30,34,37H,5-6,8,16,19-21H2,1-4H3/t22-,23+,24-,30-/m1/s1. The van der Waals surface area contributed by atoms with Gasteiger partial charge in [-0.25, -0.2) is 16.8 Å². The lowest BCUT2D eigenvalue weighted by atomic mass is 10.0. The number of sulfonamides is 2. The van der Waals surface area contributed by atoms with Crippen LogP contribution in [-0.2, 0) is 24.8 Å². The van der Waals surface area contributed by atoms with E-state index in [0.717, 1.165) is 17.8 Å². The van der Waals surface area contributed by atoms with E-state index in [4.69, 9.17) is 21.1 Å². The minimum absolute atomic E-state index is 0.0202. The summed E-state index contributed by atoms with van der Waals surface area (Å²) in [6.07, 6.45) is 1.26. The third kappa shape index (κ3) is 9.46. The smallest absolute Gasteiger partial charge is 0.271 e. The summed E-state index contributed by atoms with van der Waals surface area (Å²) >= 11 is 7.04. The van der Waals surface area contributed by atoms with Gasteiger partial charge in [0.05, 0.1) is 35.3 Å². The fourth-order valence-corrected chi connectivity index (χ4v) is 8.56. The van der Waals surface area contributed by atoms with Crippen LogP contribution in [0.1, 0.15) is 50.4 Å². The zero-order valence-corrected chi connectivity index (χ0v) is 30.0. The van der Waals surface area contributed by atoms with Crippen LogP contribution in [0, 0.1) is 5.92 Å². The topological polar surface area (TPSA) is 143 Å². The Morgan fingerprint density at radius 3 is 2.49 bits per heavy atom. The first-order chi connectivity index (χ1) is 22.2. The zero-order valence-electron chi connectivity index (χ0n) is 26.8. The number of aliphatic hydroxyl groups is 1. The van der Waals surface area contributed by atoms with Crippen LogP contribution in [0.4, 0.5) is 5.69 Å². The van der Waals surface area contributed by atoms with Crippen molar-refractivity contribution in [2.24, 2.45) is 5.92 Å². The Morgan fingerprint density at radius 2 is 1.83 bits per heavy atom. The molecule has 2 N–H and O–H groups in total. The minimum atomic E-state index is -3.88. The van der Waals surface area contributed by atoms with E-state index in [1.807, 2.05) is 13.8 Å². The number of likely N-dealkylation sites (N-methyl/N-ethyl adjacent to an activating group) is 1. The molecule has 0 unspecified atom stereocenters. The van der Waals surface area contributed by atoms with Crippen molar-refractivity contribution < 1.29 is 36.2 Å². The summed E-state index contributed by atoms with van der Waals surface area (Å²) in [4.78, 5) is 15.9. The molecule has 1 aromatic heterocycles. The number of hydrogen-bond acceptors (Lipinski definition) is 9. The predicted octanol–water partition coefficient (Wildman–Crippen LogP) is 5.32. The average Bonchev–Trinajstić information content (AvgIpc) is 3.59. The molecular weight excluding hydrogens is 686 g/mol. The third-order valence-corrected chi connectivity index (χ3v) is 12.9. The van der Waals surface area contributed by atoms with Gasteiger partial charge < -0.3 is 19.5 Å². The van der Waals surface area contributed by atoms with Crippen LogP contribution in [0.5, 0.6) is 5.75 Å². The second-order valence-corrected chi connectivity index (χ2v) is 17.1. The molecule has 4 atom stereocenters. The highest BCUT2D eigenvalue weighted by Gasteiger charge is 2.32. The molecule has 1 amide bonds. The van der Waals surface area contributed by atoms with Gasteiger partial charge >= 0.3 is 0 Å². The lowest BCUT2D eigenvalue weighted by Crippen LogP contribution is -2.48. The number of carbonyl (C=O) groups is 1. The fourth-order valence-electron chi connectivity index (χ4n) is 5.21. The van der Waals surface area contributed by atoms with Gasteiger partial charge in [-0.2, -0.15) is 4.31 Å². The second kappa shape index (κ2) is 16.1. The lowest BCUT2D eigenvalue weighted by Gasteiger charge is -2.35. The van der Waals surface area contributed by atoms with Crippen molar-refractivity contribution >= 4 is 54.6 Å². The molecule has 4 rings (SSSR count). The molecule has 0 aliphatic carbocycles. The average molecular weight is 728 g/mol. The second-order valence-electron chi connectivity index (χ2n) is 11.8. The SMILES string of the molecule is C[C@@H]1CCCCO[C@H](CN(C)S(=O)(=O)c2ccc(Cl)cc2)[C@H](C)CN([C@@H](C)CO)C(=O)c2cc(NS(=O)(=O)c3cccs3)ccc2O1. The number of nitrogens with one attached hydrogen (secondary N) is 1. The first-order valence-electron chi connectivity index (χ1n) is 15.3. The van der Waals surface area contributed by atoms with Gasteiger partial charge in [-0.05, 0) is 87.0 Å². The first-order valence-corrected chi connectivity index (χ1v) is 19.5. The van der Waals surface area contributed by atoms with Crippen LogP contribution in [0.2, 0.25) is 5.02 Å². The van der Waals surface area contributed by atoms with E-state index < -0.39 is 38.1 Å². The largest absolute Gasteiger partial charge is 0.490 e. The maximum absolute atomic E-state index is 14.3. The molecule has 47 heavy (non-hydrogen) atoms. The Bertz CT molecular complexity index is 1700. The number of aliphatic hydroxyl groups excluding tert-OH is 1. The number of amides is 1. The highest BCUT2D eigenvalue weighted by molar-refractivity contribution is 7.94. The van der Waals surface area contributed by atoms with Gasteiger partial charge in [-0.15, -0.1) is 11.3 Å². The number of halogens is 1. The van der Waals surface area contributed by atoms with E-state index in [-0.39, 0.29) is 52.1 Å². The summed E-state index contributed by atoms with van der Waals surface area (Å²) in [7, 11) is -6.27. The normalized spacial score (nSPS) is 21.0. The number of rotatable bonds is 9. The number of anilines is 1. The van der Waals surface area contributed by atoms with E-state index in [0.29, 0.717) is 30.2 Å². The molecule has 11 nitrogen and oxygen atoms in total. The van der Waals surface area contributed by atoms with Crippen molar-refractivity contribution in [3.8, 4) is 5.75 Å². The summed E-state index contributed by atoms with van der Waals surface area (Å²) in [5.74, 6) is -0.554. The van der Waals surface area contributed by atoms with Gasteiger partial charge in [0.25, 0.3) is 15.9 Å². The van der Waals surface area contributed by atoms with Crippen LogP contribution in [-0.4, -0.2) is 88.7 Å². The van der Waals surface area contributed by atoms with E-state index in [1.165, 1.54) is 52.7 Å². The van der Waals surface area contributed by atoms with Crippen LogP contribution < -0.4 is 9.46 Å². The molecule has 0 fully saturated rings. The summed E-state index contributed by atoms with van der Waals surface area (Å²) in [6.45, 7) is 5.63. The molecule has 2 aromatic carbocycles. The molecule has 258 valence electrons. The molecule has 0 bridgehead atoms. The number of benzene rings is 2. The van der Waals surface area contributed by atoms with Crippen molar-refractivity contribution in [3.63, 3.8) is 0 Å². The van der Waals surface area contributed by atoms with Gasteiger partial charge in [0.2, 0.25) is 10.0 Å². The highest BCUT2D eigenvalue weighted by Crippen LogP contribution is 2.30. The van der Waals surface area contributed by atoms with Gasteiger partial charge in [0.1, 0.15) is 9.96 Å². The van der Waals surface area contributed by atoms with Crippen molar-refractivity contribution in [1.82, 2.24) is 9.21 Å². The van der Waals surface area contributed by atoms with Gasteiger partial charge in [0.15, 0.2) is 0 Å². The maximum atomic E-state index is 14.3. The minimum Gasteiger partial charge on any atom is -0.490 e. The van der Waals surface area contributed by atoms with Crippen molar-refractivity contribution in [2.45, 2.75) is 67.4 Å². The molecule has 0 spiro atoms. The summed E-state index contributed by atoms with van der Waals surface area (Å²) in [6, 6.07) is 13.0. The predicted molar refractivity (Wildman–Crippen MR) is 183 cm³/mol. The summed E-state index contributed by atoms with van der Waals surface area (Å²) < 4.78 is 69.2. The molecule has 1 aliphatic heterocycles. The van der Waals surface area contributed by atoms with Gasteiger partial charge in [-0.1, -0.05) is 24.6 Å². The van der Waals surface area contributed by atoms with Crippen molar-refractivity contribution in [2.75, 3.05) is 38.1 Å². The van der Waals surface area contributed by atoms with Crippen molar-refractivity contribution in [1.29, 1.82) is 0 Å². The molecule has 1 aliphatic rings. The van der Waals surface area contributed by atoms with E-state index in [2.05, 4.69) is 4.72 Å². The van der Waals surface area contributed by atoms with Crippen LogP contribution >= 0.6 is 22.9 Å². The number of carbonyl (C=O) groups excluding carboxylic acids is 1. The monoisotopic (exact) mass is 727 g/mol. The zero-order chi connectivity index (χ0) is 34.4. The third-order valence-electron chi connectivity index (χ3n) is 8.02. The Balaban J connectivity index is 1.67. The quantitative estimate of drug-likeness (QED) is 0.302. The van der Waals surface area contributed by atoms with E-state index in [1.54, 1.807) is 30.5 Å². The molecule has 2 heterocycles. The molecule has 0 radical (unpaired) electrons.